The van der Waals surface area contributed by atoms with Crippen LogP contribution < -0.4 is 4.90 Å². The maximum absolute atomic E-state index is 2.55. The van der Waals surface area contributed by atoms with Gasteiger partial charge in [0.1, 0.15) is 0 Å². The van der Waals surface area contributed by atoms with Crippen molar-refractivity contribution in [3.05, 3.63) is 160 Å². The number of anilines is 3. The van der Waals surface area contributed by atoms with Gasteiger partial charge >= 0.3 is 0 Å². The fourth-order valence-electron chi connectivity index (χ4n) is 10.0. The normalized spacial score (nSPS) is 15.6. The largest absolute Gasteiger partial charge is 0.310 e. The molecule has 0 aromatic heterocycles. The monoisotopic (exact) mass is 820 g/mol. The van der Waals surface area contributed by atoms with E-state index in [0.29, 0.717) is 5.92 Å². The lowest BCUT2D eigenvalue weighted by molar-refractivity contribution is 0.443. The molecule has 2 aliphatic rings. The Balaban J connectivity index is 1.41. The molecular weight excluding hydrogens is 747 g/mol. The summed E-state index contributed by atoms with van der Waals surface area (Å²) in [5, 5.41) is 0. The highest BCUT2D eigenvalue weighted by atomic mass is 15.1. The SMILES string of the molecule is CC(C)(C)c1cc(-c2cc(-c3cc(C(C)(C)C)cc(C(C)(C)C)c3)cc(N(c3ccc(C4CCCCC4)cc3)c3ccc4c(c3)C(C)(C)c3ccccc3-4)c2)cc(C(C)(C)C)c1. The van der Waals surface area contributed by atoms with Crippen LogP contribution in [0.5, 0.6) is 0 Å². The topological polar surface area (TPSA) is 3.24 Å². The lowest BCUT2D eigenvalue weighted by Crippen LogP contribution is -2.17. The van der Waals surface area contributed by atoms with Crippen molar-refractivity contribution in [3.8, 4) is 33.4 Å². The zero-order valence-electron chi connectivity index (χ0n) is 40.6. The van der Waals surface area contributed by atoms with Crippen LogP contribution in [-0.2, 0) is 27.1 Å². The lowest BCUT2D eigenvalue weighted by atomic mass is 9.78. The molecule has 0 radical (unpaired) electrons. The molecule has 0 saturated heterocycles. The zero-order chi connectivity index (χ0) is 44.6. The van der Waals surface area contributed by atoms with Gasteiger partial charge in [-0.1, -0.05) is 195 Å². The van der Waals surface area contributed by atoms with Gasteiger partial charge in [0.2, 0.25) is 0 Å². The van der Waals surface area contributed by atoms with Crippen molar-refractivity contribution in [1.82, 2.24) is 0 Å². The fraction of sp³-hybridized carbons (Fsp3) is 0.410. The molecule has 0 amide bonds. The first kappa shape index (κ1) is 43.8. The van der Waals surface area contributed by atoms with Crippen molar-refractivity contribution >= 4 is 17.1 Å². The van der Waals surface area contributed by atoms with Gasteiger partial charge in [-0.15, -0.1) is 0 Å². The highest BCUT2D eigenvalue weighted by Crippen LogP contribution is 2.51. The summed E-state index contributed by atoms with van der Waals surface area (Å²) in [5.41, 5.74) is 20.9. The summed E-state index contributed by atoms with van der Waals surface area (Å²) in [4.78, 5) is 2.55. The fourth-order valence-corrected chi connectivity index (χ4v) is 10.0. The Bertz CT molecular complexity index is 2440. The van der Waals surface area contributed by atoms with Crippen LogP contribution in [0.3, 0.4) is 0 Å². The van der Waals surface area contributed by atoms with E-state index in [1.807, 2.05) is 0 Å². The molecular formula is C61H73N. The molecule has 0 atom stereocenters. The first-order chi connectivity index (χ1) is 29.0. The number of hydrogen-bond donors (Lipinski definition) is 0. The Hall–Kier alpha value is -4.88. The maximum Gasteiger partial charge on any atom is 0.0473 e. The molecule has 0 spiro atoms. The lowest BCUT2D eigenvalue weighted by Gasteiger charge is -2.30. The average Bonchev–Trinajstić information content (AvgIpc) is 3.45. The third kappa shape index (κ3) is 8.59. The van der Waals surface area contributed by atoms with Gasteiger partial charge < -0.3 is 4.90 Å². The number of rotatable bonds is 6. The van der Waals surface area contributed by atoms with E-state index in [4.69, 9.17) is 0 Å². The van der Waals surface area contributed by atoms with Crippen LogP contribution in [-0.4, -0.2) is 0 Å². The minimum Gasteiger partial charge on any atom is -0.310 e. The number of hydrogen-bond acceptors (Lipinski definition) is 1. The van der Waals surface area contributed by atoms with Crippen LogP contribution in [0, 0.1) is 0 Å². The quantitative estimate of drug-likeness (QED) is 0.162. The van der Waals surface area contributed by atoms with Gasteiger partial charge in [-0.05, 0) is 155 Å². The predicted octanol–water partition coefficient (Wildman–Crippen LogP) is 18.0. The van der Waals surface area contributed by atoms with Gasteiger partial charge in [0.05, 0.1) is 0 Å². The summed E-state index contributed by atoms with van der Waals surface area (Å²) in [6.45, 7) is 32.9. The molecule has 6 aromatic rings. The summed E-state index contributed by atoms with van der Waals surface area (Å²) in [5.74, 6) is 0.652. The highest BCUT2D eigenvalue weighted by Gasteiger charge is 2.36. The van der Waals surface area contributed by atoms with Crippen molar-refractivity contribution in [2.24, 2.45) is 0 Å². The molecule has 8 rings (SSSR count). The van der Waals surface area contributed by atoms with Gasteiger partial charge in [0, 0.05) is 22.5 Å². The van der Waals surface area contributed by atoms with Crippen LogP contribution in [0.2, 0.25) is 0 Å². The first-order valence-corrected chi connectivity index (χ1v) is 23.6. The van der Waals surface area contributed by atoms with Crippen LogP contribution in [0.15, 0.2) is 121 Å². The van der Waals surface area contributed by atoms with Gasteiger partial charge in [0.25, 0.3) is 0 Å². The Labute approximate surface area is 376 Å². The van der Waals surface area contributed by atoms with E-state index >= 15 is 0 Å². The minimum absolute atomic E-state index is 0.0000121. The van der Waals surface area contributed by atoms with E-state index in [9.17, 15) is 0 Å². The Morgan fingerprint density at radius 2 is 0.839 bits per heavy atom. The van der Waals surface area contributed by atoms with Gasteiger partial charge in [0.15, 0.2) is 0 Å². The van der Waals surface area contributed by atoms with Crippen molar-refractivity contribution < 1.29 is 0 Å². The van der Waals surface area contributed by atoms with E-state index in [0.717, 1.165) is 0 Å². The summed E-state index contributed by atoms with van der Waals surface area (Å²) in [6.07, 6.45) is 6.63. The molecule has 0 heterocycles. The van der Waals surface area contributed by atoms with Crippen LogP contribution in [0.1, 0.15) is 174 Å². The summed E-state index contributed by atoms with van der Waals surface area (Å²) in [6, 6.07) is 48.1. The van der Waals surface area contributed by atoms with Gasteiger partial charge in [-0.3, -0.25) is 0 Å². The van der Waals surface area contributed by atoms with Crippen LogP contribution in [0.25, 0.3) is 33.4 Å². The third-order valence-electron chi connectivity index (χ3n) is 14.2. The van der Waals surface area contributed by atoms with Gasteiger partial charge in [-0.25, -0.2) is 0 Å². The molecule has 0 unspecified atom stereocenters. The van der Waals surface area contributed by atoms with E-state index in [1.165, 1.54) is 121 Å². The van der Waals surface area contributed by atoms with Crippen LogP contribution >= 0.6 is 0 Å². The second kappa shape index (κ2) is 15.7. The second-order valence-corrected chi connectivity index (χ2v) is 23.5. The predicted molar refractivity (Wildman–Crippen MR) is 270 cm³/mol. The molecule has 0 aliphatic heterocycles. The zero-order valence-corrected chi connectivity index (χ0v) is 40.6. The number of fused-ring (bicyclic) bond motifs is 3. The summed E-state index contributed by atoms with van der Waals surface area (Å²) < 4.78 is 0. The standard InChI is InChI=1S/C61H73N/c1-57(2,3)46-31-44(32-47(37-46)58(4,5)6)42-30-43(45-33-48(59(7,8)9)38-49(34-45)60(10,11)12)36-52(35-42)62(50-26-24-41(25-27-50)40-20-16-15-17-21-40)51-28-29-54-53-22-18-19-23-55(53)61(13,14)56(54)39-51/h18-19,22-40H,15-17,20-21H2,1-14H3. The third-order valence-corrected chi connectivity index (χ3v) is 14.2. The Kier molecular flexibility index (Phi) is 11.1. The first-order valence-electron chi connectivity index (χ1n) is 23.6. The molecule has 62 heavy (non-hydrogen) atoms. The number of nitrogens with zero attached hydrogens (tertiary/aromatic N) is 1. The maximum atomic E-state index is 2.55. The molecule has 1 fully saturated rings. The molecule has 0 bridgehead atoms. The number of benzene rings is 6. The Morgan fingerprint density at radius 1 is 0.403 bits per heavy atom. The van der Waals surface area contributed by atoms with E-state index in [1.54, 1.807) is 0 Å². The summed E-state index contributed by atoms with van der Waals surface area (Å²) in [7, 11) is 0. The molecule has 322 valence electrons. The minimum atomic E-state index is -0.112. The smallest absolute Gasteiger partial charge is 0.0473 e. The van der Waals surface area contributed by atoms with E-state index in [-0.39, 0.29) is 27.1 Å². The second-order valence-electron chi connectivity index (χ2n) is 23.5. The highest BCUT2D eigenvalue weighted by molar-refractivity contribution is 5.88. The summed E-state index contributed by atoms with van der Waals surface area (Å²) >= 11 is 0. The molecule has 1 nitrogen and oxygen atoms in total. The van der Waals surface area contributed by atoms with E-state index < -0.39 is 0 Å². The Morgan fingerprint density at radius 3 is 1.32 bits per heavy atom. The van der Waals surface area contributed by atoms with Crippen molar-refractivity contribution in [2.75, 3.05) is 4.90 Å². The molecule has 0 N–H and O–H groups in total. The van der Waals surface area contributed by atoms with Crippen LogP contribution in [0.4, 0.5) is 17.1 Å². The van der Waals surface area contributed by atoms with Crippen molar-refractivity contribution in [3.63, 3.8) is 0 Å². The van der Waals surface area contributed by atoms with Crippen molar-refractivity contribution in [1.29, 1.82) is 0 Å². The molecule has 2 aliphatic carbocycles. The molecule has 1 heteroatoms. The average molecular weight is 820 g/mol. The van der Waals surface area contributed by atoms with E-state index in [2.05, 4.69) is 223 Å². The molecule has 1 saturated carbocycles. The van der Waals surface area contributed by atoms with Gasteiger partial charge in [-0.2, -0.15) is 0 Å². The van der Waals surface area contributed by atoms with Crippen molar-refractivity contribution in [2.45, 2.75) is 162 Å². The molecule has 6 aromatic carbocycles.